The highest BCUT2D eigenvalue weighted by atomic mass is 79.9. The van der Waals surface area contributed by atoms with Crippen LogP contribution in [0.2, 0.25) is 0 Å². The molecule has 2 N–H and O–H groups in total. The SMILES string of the molecule is CCC(CSC)N(C)S(=O)(=O)c1cc(Br)ccc1N. The highest BCUT2D eigenvalue weighted by Crippen LogP contribution is 2.27. The lowest BCUT2D eigenvalue weighted by molar-refractivity contribution is 0.385. The van der Waals surface area contributed by atoms with Gasteiger partial charge in [-0.1, -0.05) is 22.9 Å². The molecule has 0 bridgehead atoms. The van der Waals surface area contributed by atoms with Crippen molar-refractivity contribution in [2.24, 2.45) is 0 Å². The minimum atomic E-state index is -3.56. The molecule has 1 aromatic carbocycles. The maximum atomic E-state index is 12.6. The summed E-state index contributed by atoms with van der Waals surface area (Å²) in [7, 11) is -1.95. The lowest BCUT2D eigenvalue weighted by atomic mass is 10.3. The maximum absolute atomic E-state index is 12.6. The quantitative estimate of drug-likeness (QED) is 0.786. The first-order valence-corrected chi connectivity index (χ1v) is 9.49. The monoisotopic (exact) mass is 366 g/mol. The molecule has 19 heavy (non-hydrogen) atoms. The molecule has 0 spiro atoms. The molecule has 1 atom stereocenters. The van der Waals surface area contributed by atoms with Crippen molar-refractivity contribution >= 4 is 43.4 Å². The predicted octanol–water partition coefficient (Wildman–Crippen LogP) is 2.79. The zero-order valence-corrected chi connectivity index (χ0v) is 14.5. The van der Waals surface area contributed by atoms with E-state index in [1.54, 1.807) is 37.0 Å². The number of halogens is 1. The molecule has 0 aliphatic rings. The number of thioether (sulfide) groups is 1. The largest absolute Gasteiger partial charge is 0.398 e. The van der Waals surface area contributed by atoms with Gasteiger partial charge < -0.3 is 5.73 Å². The summed E-state index contributed by atoms with van der Waals surface area (Å²) in [4.78, 5) is 0.156. The minimum Gasteiger partial charge on any atom is -0.398 e. The highest BCUT2D eigenvalue weighted by Gasteiger charge is 2.28. The molecule has 0 radical (unpaired) electrons. The van der Waals surface area contributed by atoms with Crippen molar-refractivity contribution in [1.82, 2.24) is 4.31 Å². The Labute approximate surface area is 127 Å². The lowest BCUT2D eigenvalue weighted by Gasteiger charge is -2.26. The van der Waals surface area contributed by atoms with Crippen LogP contribution in [-0.4, -0.2) is 37.8 Å². The zero-order chi connectivity index (χ0) is 14.6. The van der Waals surface area contributed by atoms with E-state index >= 15 is 0 Å². The van der Waals surface area contributed by atoms with Crippen LogP contribution in [0.15, 0.2) is 27.6 Å². The predicted molar refractivity (Wildman–Crippen MR) is 86.0 cm³/mol. The first-order valence-electron chi connectivity index (χ1n) is 5.86. The molecule has 0 saturated heterocycles. The summed E-state index contributed by atoms with van der Waals surface area (Å²) in [5.41, 5.74) is 6.07. The van der Waals surface area contributed by atoms with Crippen molar-refractivity contribution in [3.05, 3.63) is 22.7 Å². The summed E-state index contributed by atoms with van der Waals surface area (Å²) in [5.74, 6) is 0.764. The maximum Gasteiger partial charge on any atom is 0.245 e. The Balaban J connectivity index is 3.19. The normalized spacial score (nSPS) is 13.7. The van der Waals surface area contributed by atoms with Gasteiger partial charge in [0.2, 0.25) is 10.0 Å². The van der Waals surface area contributed by atoms with Crippen molar-refractivity contribution in [3.8, 4) is 0 Å². The average molecular weight is 367 g/mol. The van der Waals surface area contributed by atoms with Gasteiger partial charge in [0.25, 0.3) is 0 Å². The second-order valence-corrected chi connectivity index (χ2v) is 8.01. The molecule has 0 aromatic heterocycles. The molecule has 1 rings (SSSR count). The molecule has 108 valence electrons. The molecule has 0 aliphatic heterocycles. The standard InChI is InChI=1S/C12H19BrN2O2S2/c1-4-10(8-18-3)15(2)19(16,17)12-7-9(13)5-6-11(12)14/h5-7,10H,4,8,14H2,1-3H3. The Morgan fingerprint density at radius 3 is 2.63 bits per heavy atom. The molecule has 0 heterocycles. The number of sulfonamides is 1. The number of anilines is 1. The van der Waals surface area contributed by atoms with E-state index in [1.165, 1.54) is 4.31 Å². The van der Waals surface area contributed by atoms with Gasteiger partial charge in [0, 0.05) is 23.3 Å². The Bertz CT molecular complexity index is 535. The van der Waals surface area contributed by atoms with E-state index in [4.69, 9.17) is 5.73 Å². The number of nitrogens with two attached hydrogens (primary N) is 1. The van der Waals surface area contributed by atoms with E-state index in [1.807, 2.05) is 13.2 Å². The third-order valence-corrected chi connectivity index (χ3v) is 6.15. The fraction of sp³-hybridized carbons (Fsp3) is 0.500. The van der Waals surface area contributed by atoms with E-state index in [0.29, 0.717) is 4.47 Å². The molecule has 0 aliphatic carbocycles. The van der Waals surface area contributed by atoms with Gasteiger partial charge in [-0.3, -0.25) is 0 Å². The Morgan fingerprint density at radius 2 is 2.11 bits per heavy atom. The van der Waals surface area contributed by atoms with E-state index in [9.17, 15) is 8.42 Å². The van der Waals surface area contributed by atoms with Gasteiger partial charge >= 0.3 is 0 Å². The Morgan fingerprint density at radius 1 is 1.47 bits per heavy atom. The summed E-state index contributed by atoms with van der Waals surface area (Å²) in [6.07, 6.45) is 2.74. The topological polar surface area (TPSA) is 63.4 Å². The number of hydrogen-bond acceptors (Lipinski definition) is 4. The fourth-order valence-corrected chi connectivity index (χ4v) is 4.77. The smallest absolute Gasteiger partial charge is 0.245 e. The number of nitrogen functional groups attached to an aromatic ring is 1. The van der Waals surface area contributed by atoms with Crippen LogP contribution in [0, 0.1) is 0 Å². The van der Waals surface area contributed by atoms with Crippen molar-refractivity contribution in [1.29, 1.82) is 0 Å². The van der Waals surface area contributed by atoms with Gasteiger partial charge in [-0.15, -0.1) is 0 Å². The molecule has 0 amide bonds. The Hall–Kier alpha value is -0.240. The fourth-order valence-electron chi connectivity index (χ4n) is 1.76. The van der Waals surface area contributed by atoms with Crippen LogP contribution in [0.1, 0.15) is 13.3 Å². The van der Waals surface area contributed by atoms with Crippen molar-refractivity contribution in [3.63, 3.8) is 0 Å². The van der Waals surface area contributed by atoms with Crippen molar-refractivity contribution in [2.45, 2.75) is 24.3 Å². The first kappa shape index (κ1) is 16.8. The van der Waals surface area contributed by atoms with Crippen LogP contribution >= 0.6 is 27.7 Å². The van der Waals surface area contributed by atoms with Gasteiger partial charge in [0.1, 0.15) is 4.90 Å². The third kappa shape index (κ3) is 3.87. The van der Waals surface area contributed by atoms with Crippen LogP contribution < -0.4 is 5.73 Å². The minimum absolute atomic E-state index is 0.0293. The second-order valence-electron chi connectivity index (χ2n) is 4.22. The third-order valence-electron chi connectivity index (χ3n) is 2.98. The summed E-state index contributed by atoms with van der Waals surface area (Å²) < 4.78 is 27.3. The van der Waals surface area contributed by atoms with Crippen LogP contribution in [-0.2, 0) is 10.0 Å². The van der Waals surface area contributed by atoms with Gasteiger partial charge in [-0.2, -0.15) is 16.1 Å². The van der Waals surface area contributed by atoms with Crippen molar-refractivity contribution < 1.29 is 8.42 Å². The average Bonchev–Trinajstić information content (AvgIpc) is 2.37. The summed E-state index contributed by atoms with van der Waals surface area (Å²) in [6, 6.07) is 4.85. The molecular formula is C12H19BrN2O2S2. The second kappa shape index (κ2) is 6.97. The number of rotatable bonds is 6. The van der Waals surface area contributed by atoms with E-state index < -0.39 is 10.0 Å². The van der Waals surface area contributed by atoms with E-state index in [2.05, 4.69) is 15.9 Å². The molecule has 1 unspecified atom stereocenters. The molecule has 0 saturated carbocycles. The van der Waals surface area contributed by atoms with Crippen LogP contribution in [0.25, 0.3) is 0 Å². The molecular weight excluding hydrogens is 348 g/mol. The molecule has 7 heteroatoms. The van der Waals surface area contributed by atoms with Gasteiger partial charge in [-0.25, -0.2) is 8.42 Å². The number of nitrogens with zero attached hydrogens (tertiary/aromatic N) is 1. The zero-order valence-electron chi connectivity index (χ0n) is 11.3. The molecule has 4 nitrogen and oxygen atoms in total. The number of hydrogen-bond donors (Lipinski definition) is 1. The Kier molecular flexibility index (Phi) is 6.16. The van der Waals surface area contributed by atoms with Gasteiger partial charge in [0.15, 0.2) is 0 Å². The number of benzene rings is 1. The summed E-state index contributed by atoms with van der Waals surface area (Å²) in [6.45, 7) is 1.98. The van der Waals surface area contributed by atoms with Gasteiger partial charge in [-0.05, 0) is 30.9 Å². The van der Waals surface area contributed by atoms with Crippen molar-refractivity contribution in [2.75, 3.05) is 24.8 Å². The van der Waals surface area contributed by atoms with Gasteiger partial charge in [0.05, 0.1) is 5.69 Å². The molecule has 0 fully saturated rings. The van der Waals surface area contributed by atoms with Crippen LogP contribution in [0.5, 0.6) is 0 Å². The molecule has 1 aromatic rings. The highest BCUT2D eigenvalue weighted by molar-refractivity contribution is 9.10. The summed E-state index contributed by atoms with van der Waals surface area (Å²) >= 11 is 4.91. The lowest BCUT2D eigenvalue weighted by Crippen LogP contribution is -2.38. The van der Waals surface area contributed by atoms with E-state index in [0.717, 1.165) is 12.2 Å². The van der Waals surface area contributed by atoms with E-state index in [-0.39, 0.29) is 16.6 Å². The van der Waals surface area contributed by atoms with Crippen LogP contribution in [0.4, 0.5) is 5.69 Å². The first-order chi connectivity index (χ1) is 8.84. The van der Waals surface area contributed by atoms with Crippen LogP contribution in [0.3, 0.4) is 0 Å². The summed E-state index contributed by atoms with van der Waals surface area (Å²) in [5, 5.41) is 0.